The molecule has 0 radical (unpaired) electrons. The van der Waals surface area contributed by atoms with Gasteiger partial charge < -0.3 is 4.74 Å². The first-order chi connectivity index (χ1) is 7.84. The number of halogens is 4. The van der Waals surface area contributed by atoms with Crippen molar-refractivity contribution in [3.8, 4) is 0 Å². The number of hydrogen-bond acceptors (Lipinski definition) is 1. The van der Waals surface area contributed by atoms with Gasteiger partial charge in [-0.1, -0.05) is 52.4 Å². The summed E-state index contributed by atoms with van der Waals surface area (Å²) in [5, 5.41) is 0. The van der Waals surface area contributed by atoms with Crippen LogP contribution in [0.2, 0.25) is 0 Å². The first kappa shape index (κ1) is 14.8. The van der Waals surface area contributed by atoms with Gasteiger partial charge in [-0.2, -0.15) is 13.2 Å². The molecule has 1 rings (SSSR count). The summed E-state index contributed by atoms with van der Waals surface area (Å²) >= 11 is 2.03. The van der Waals surface area contributed by atoms with Crippen LogP contribution in [0.3, 0.4) is 0 Å². The lowest BCUT2D eigenvalue weighted by atomic mass is 10.1. The maximum Gasteiger partial charge on any atom is 0.414 e. The van der Waals surface area contributed by atoms with Gasteiger partial charge in [-0.05, 0) is 19.4 Å². The molecule has 0 aliphatic rings. The van der Waals surface area contributed by atoms with Crippen LogP contribution in [0.15, 0.2) is 24.3 Å². The summed E-state index contributed by atoms with van der Waals surface area (Å²) in [4.78, 5) is 0. The summed E-state index contributed by atoms with van der Waals surface area (Å²) in [6.45, 7) is 2.94. The van der Waals surface area contributed by atoms with E-state index in [0.29, 0.717) is 4.43 Å². The zero-order valence-electron chi connectivity index (χ0n) is 9.59. The molecule has 0 aliphatic carbocycles. The minimum Gasteiger partial charge on any atom is -0.360 e. The van der Waals surface area contributed by atoms with Crippen LogP contribution < -0.4 is 0 Å². The summed E-state index contributed by atoms with van der Waals surface area (Å²) in [5.41, 5.74) is 1.80. The van der Waals surface area contributed by atoms with Crippen LogP contribution >= 0.6 is 22.6 Å². The van der Waals surface area contributed by atoms with Crippen molar-refractivity contribution in [2.45, 2.75) is 32.2 Å². The van der Waals surface area contributed by atoms with Crippen molar-refractivity contribution in [3.63, 3.8) is 0 Å². The van der Waals surface area contributed by atoms with E-state index in [1.807, 2.05) is 47.7 Å². The first-order valence-corrected chi connectivity index (χ1v) is 6.72. The van der Waals surface area contributed by atoms with E-state index < -0.39 is 18.4 Å². The minimum atomic E-state index is -4.31. The van der Waals surface area contributed by atoms with Gasteiger partial charge in [0.05, 0.1) is 6.10 Å². The lowest BCUT2D eigenvalue weighted by Crippen LogP contribution is -2.30. The molecule has 0 saturated heterocycles. The highest BCUT2D eigenvalue weighted by molar-refractivity contribution is 14.1. The van der Waals surface area contributed by atoms with Crippen LogP contribution in [-0.4, -0.2) is 16.7 Å². The van der Waals surface area contributed by atoms with Gasteiger partial charge in [0.2, 0.25) is 0 Å². The van der Waals surface area contributed by atoms with Crippen molar-refractivity contribution in [1.29, 1.82) is 0 Å². The van der Waals surface area contributed by atoms with E-state index >= 15 is 0 Å². The molecule has 96 valence electrons. The smallest absolute Gasteiger partial charge is 0.360 e. The lowest BCUT2D eigenvalue weighted by molar-refractivity contribution is -0.225. The van der Waals surface area contributed by atoms with E-state index in [0.717, 1.165) is 18.1 Å². The van der Waals surface area contributed by atoms with Crippen molar-refractivity contribution < 1.29 is 17.9 Å². The number of ether oxygens (including phenoxy) is 1. The van der Waals surface area contributed by atoms with Crippen LogP contribution in [0.25, 0.3) is 0 Å². The number of rotatable bonds is 4. The number of alkyl halides is 4. The Morgan fingerprint density at radius 3 is 2.47 bits per heavy atom. The third-order valence-electron chi connectivity index (χ3n) is 2.38. The average molecular weight is 358 g/mol. The molecule has 1 nitrogen and oxygen atoms in total. The molecule has 0 aromatic heterocycles. The van der Waals surface area contributed by atoms with Gasteiger partial charge in [-0.3, -0.25) is 0 Å². The van der Waals surface area contributed by atoms with Gasteiger partial charge in [0.15, 0.2) is 6.10 Å². The molecule has 1 aromatic rings. The molecule has 0 spiro atoms. The van der Waals surface area contributed by atoms with Crippen molar-refractivity contribution in [3.05, 3.63) is 35.4 Å². The molecular formula is C12H14F3IO. The molecule has 2 unspecified atom stereocenters. The fourth-order valence-electron chi connectivity index (χ4n) is 1.40. The van der Waals surface area contributed by atoms with E-state index in [1.54, 1.807) is 6.07 Å². The summed E-state index contributed by atoms with van der Waals surface area (Å²) < 4.78 is 42.8. The largest absolute Gasteiger partial charge is 0.414 e. The number of hydrogen-bond donors (Lipinski definition) is 0. The second-order valence-corrected chi connectivity index (χ2v) is 4.76. The molecule has 0 N–H and O–H groups in total. The summed E-state index contributed by atoms with van der Waals surface area (Å²) in [5.74, 6) is 0. The molecule has 0 amide bonds. The second kappa shape index (κ2) is 6.04. The molecular weight excluding hydrogens is 344 g/mol. The van der Waals surface area contributed by atoms with Crippen LogP contribution in [0.1, 0.15) is 24.2 Å². The SMILES string of the molecule is Cc1cccc(C(CI)OC(C)C(F)(F)F)c1. The molecule has 2 atom stereocenters. The molecule has 17 heavy (non-hydrogen) atoms. The number of benzene rings is 1. The fourth-order valence-corrected chi connectivity index (χ4v) is 2.11. The predicted molar refractivity (Wildman–Crippen MR) is 69.4 cm³/mol. The van der Waals surface area contributed by atoms with E-state index in [-0.39, 0.29) is 0 Å². The maximum absolute atomic E-state index is 12.4. The third-order valence-corrected chi connectivity index (χ3v) is 3.18. The second-order valence-electron chi connectivity index (χ2n) is 3.88. The van der Waals surface area contributed by atoms with Crippen molar-refractivity contribution in [2.75, 3.05) is 4.43 Å². The molecule has 0 bridgehead atoms. The Morgan fingerprint density at radius 2 is 2.00 bits per heavy atom. The van der Waals surface area contributed by atoms with E-state index in [2.05, 4.69) is 0 Å². The van der Waals surface area contributed by atoms with Crippen LogP contribution in [0.4, 0.5) is 13.2 Å². The van der Waals surface area contributed by atoms with Crippen molar-refractivity contribution >= 4 is 22.6 Å². The topological polar surface area (TPSA) is 9.23 Å². The monoisotopic (exact) mass is 358 g/mol. The standard InChI is InChI=1S/C12H14F3IO/c1-8-4-3-5-10(6-8)11(7-16)17-9(2)12(13,14)15/h3-6,9,11H,7H2,1-2H3. The molecule has 0 heterocycles. The average Bonchev–Trinajstić information content (AvgIpc) is 2.24. The Hall–Kier alpha value is -0.300. The minimum absolute atomic E-state index is 0.488. The van der Waals surface area contributed by atoms with Crippen molar-refractivity contribution in [1.82, 2.24) is 0 Å². The predicted octanol–water partition coefficient (Wildman–Crippen LogP) is 4.44. The van der Waals surface area contributed by atoms with Gasteiger partial charge in [0, 0.05) is 4.43 Å². The Kier molecular flexibility index (Phi) is 5.24. The molecule has 1 aromatic carbocycles. The zero-order chi connectivity index (χ0) is 13.1. The van der Waals surface area contributed by atoms with E-state index in [4.69, 9.17) is 4.74 Å². The number of aryl methyl sites for hydroxylation is 1. The van der Waals surface area contributed by atoms with Gasteiger partial charge >= 0.3 is 6.18 Å². The Balaban J connectivity index is 2.79. The van der Waals surface area contributed by atoms with Crippen LogP contribution in [0.5, 0.6) is 0 Å². The van der Waals surface area contributed by atoms with Gasteiger partial charge in [0.25, 0.3) is 0 Å². The van der Waals surface area contributed by atoms with Gasteiger partial charge in [-0.15, -0.1) is 0 Å². The third kappa shape index (κ3) is 4.46. The van der Waals surface area contributed by atoms with E-state index in [1.165, 1.54) is 0 Å². The van der Waals surface area contributed by atoms with E-state index in [9.17, 15) is 13.2 Å². The highest BCUT2D eigenvalue weighted by Gasteiger charge is 2.38. The normalized spacial score (nSPS) is 15.6. The van der Waals surface area contributed by atoms with Gasteiger partial charge in [0.1, 0.15) is 0 Å². The maximum atomic E-state index is 12.4. The Labute approximate surface area is 112 Å². The van der Waals surface area contributed by atoms with Crippen molar-refractivity contribution in [2.24, 2.45) is 0 Å². The van der Waals surface area contributed by atoms with Crippen LogP contribution in [0, 0.1) is 6.92 Å². The van der Waals surface area contributed by atoms with Gasteiger partial charge in [-0.25, -0.2) is 0 Å². The molecule has 0 saturated carbocycles. The molecule has 0 fully saturated rings. The quantitative estimate of drug-likeness (QED) is 0.571. The first-order valence-electron chi connectivity index (χ1n) is 5.19. The Morgan fingerprint density at radius 1 is 1.35 bits per heavy atom. The highest BCUT2D eigenvalue weighted by Crippen LogP contribution is 2.29. The summed E-state index contributed by atoms with van der Waals surface area (Å²) in [6, 6.07) is 7.37. The van der Waals surface area contributed by atoms with Crippen LogP contribution in [-0.2, 0) is 4.74 Å². The summed E-state index contributed by atoms with van der Waals surface area (Å²) in [7, 11) is 0. The highest BCUT2D eigenvalue weighted by atomic mass is 127. The zero-order valence-corrected chi connectivity index (χ0v) is 11.7. The fraction of sp³-hybridized carbons (Fsp3) is 0.500. The molecule has 5 heteroatoms. The lowest BCUT2D eigenvalue weighted by Gasteiger charge is -2.23. The summed E-state index contributed by atoms with van der Waals surface area (Å²) in [6.07, 6.45) is -6.58. The molecule has 0 aliphatic heterocycles. The Bertz CT molecular complexity index is 365.